The molecule has 0 unspecified atom stereocenters. The minimum atomic E-state index is -1.11. The first-order valence-electron chi connectivity index (χ1n) is 3.42. The summed E-state index contributed by atoms with van der Waals surface area (Å²) >= 11 is 0. The number of rotatable bonds is 3. The minimum Gasteiger partial charge on any atom is -0.478 e. The van der Waals surface area contributed by atoms with Gasteiger partial charge in [0.2, 0.25) is 5.91 Å². The van der Waals surface area contributed by atoms with E-state index in [1.54, 1.807) is 0 Å². The lowest BCUT2D eigenvalue weighted by molar-refractivity contribution is -0.117. The molecule has 0 aromatic carbocycles. The zero-order valence-corrected chi connectivity index (χ0v) is 6.60. The van der Waals surface area contributed by atoms with Gasteiger partial charge in [-0.05, 0) is 0 Å². The molecule has 0 aliphatic rings. The van der Waals surface area contributed by atoms with E-state index in [1.165, 1.54) is 0 Å². The number of primary amides is 1. The van der Waals surface area contributed by atoms with Gasteiger partial charge in [0.15, 0.2) is 0 Å². The third-order valence-corrected chi connectivity index (χ3v) is 1.28. The maximum absolute atomic E-state index is 10.4. The minimum absolute atomic E-state index is 0.0202. The molecule has 0 aliphatic heterocycles. The van der Waals surface area contributed by atoms with Crippen LogP contribution >= 0.6 is 0 Å². The van der Waals surface area contributed by atoms with Crippen LogP contribution in [0.15, 0.2) is 12.4 Å². The molecule has 0 bridgehead atoms. The van der Waals surface area contributed by atoms with E-state index in [9.17, 15) is 9.59 Å². The fourth-order valence-corrected chi connectivity index (χ4v) is 0.712. The van der Waals surface area contributed by atoms with E-state index in [1.807, 2.05) is 0 Å². The summed E-state index contributed by atoms with van der Waals surface area (Å²) in [7, 11) is 0. The van der Waals surface area contributed by atoms with Crippen LogP contribution in [0.5, 0.6) is 0 Å². The molecule has 3 N–H and O–H groups in total. The third kappa shape index (κ3) is 2.51. The van der Waals surface area contributed by atoms with E-state index < -0.39 is 11.9 Å². The number of carboxylic acid groups (broad SMARTS) is 1. The van der Waals surface area contributed by atoms with Crippen molar-refractivity contribution in [3.63, 3.8) is 0 Å². The summed E-state index contributed by atoms with van der Waals surface area (Å²) in [4.78, 5) is 28.1. The highest BCUT2D eigenvalue weighted by molar-refractivity contribution is 5.86. The van der Waals surface area contributed by atoms with E-state index in [2.05, 4.69) is 9.97 Å². The Hall–Kier alpha value is -1.98. The van der Waals surface area contributed by atoms with Gasteiger partial charge < -0.3 is 10.8 Å². The van der Waals surface area contributed by atoms with Crippen LogP contribution < -0.4 is 5.73 Å². The Morgan fingerprint density at radius 1 is 1.38 bits per heavy atom. The molecular weight excluding hydrogens is 174 g/mol. The van der Waals surface area contributed by atoms with Gasteiger partial charge in [0, 0.05) is 12.4 Å². The summed E-state index contributed by atoms with van der Waals surface area (Å²) in [6.07, 6.45) is 2.18. The molecule has 0 radical (unpaired) electrons. The van der Waals surface area contributed by atoms with Gasteiger partial charge in [0.1, 0.15) is 5.82 Å². The average molecular weight is 181 g/mol. The maximum Gasteiger partial charge on any atom is 0.338 e. The molecule has 0 saturated carbocycles. The van der Waals surface area contributed by atoms with Crippen LogP contribution in [0.3, 0.4) is 0 Å². The van der Waals surface area contributed by atoms with Crippen LogP contribution in [0.25, 0.3) is 0 Å². The maximum atomic E-state index is 10.4. The second-order valence-corrected chi connectivity index (χ2v) is 2.34. The van der Waals surface area contributed by atoms with Crippen molar-refractivity contribution in [1.29, 1.82) is 0 Å². The highest BCUT2D eigenvalue weighted by Gasteiger charge is 2.05. The van der Waals surface area contributed by atoms with E-state index in [0.29, 0.717) is 0 Å². The number of carbonyl (C=O) groups is 2. The number of carbonyl (C=O) groups excluding carboxylic acids is 1. The predicted molar refractivity (Wildman–Crippen MR) is 41.9 cm³/mol. The number of nitrogens with two attached hydrogens (primary N) is 1. The van der Waals surface area contributed by atoms with Crippen molar-refractivity contribution in [3.05, 3.63) is 23.8 Å². The Morgan fingerprint density at radius 3 is 2.31 bits per heavy atom. The van der Waals surface area contributed by atoms with Gasteiger partial charge in [-0.15, -0.1) is 0 Å². The average Bonchev–Trinajstić information content (AvgIpc) is 2.04. The number of hydrogen-bond acceptors (Lipinski definition) is 4. The fourth-order valence-electron chi connectivity index (χ4n) is 0.712. The SMILES string of the molecule is NC(=O)Cc1ncc(C(=O)O)cn1. The predicted octanol–water partition coefficient (Wildman–Crippen LogP) is -0.797. The second-order valence-electron chi connectivity index (χ2n) is 2.34. The fraction of sp³-hybridized carbons (Fsp3) is 0.143. The highest BCUT2D eigenvalue weighted by Crippen LogP contribution is 1.96. The molecule has 0 saturated heterocycles. The Balaban J connectivity index is 2.81. The van der Waals surface area contributed by atoms with E-state index in [-0.39, 0.29) is 17.8 Å². The molecular formula is C7H7N3O3. The highest BCUT2D eigenvalue weighted by atomic mass is 16.4. The van der Waals surface area contributed by atoms with Crippen molar-refractivity contribution in [2.24, 2.45) is 5.73 Å². The largest absolute Gasteiger partial charge is 0.478 e. The van der Waals surface area contributed by atoms with Crippen LogP contribution in [-0.2, 0) is 11.2 Å². The quantitative estimate of drug-likeness (QED) is 0.635. The number of aromatic nitrogens is 2. The molecule has 0 atom stereocenters. The lowest BCUT2D eigenvalue weighted by Crippen LogP contribution is -2.16. The van der Waals surface area contributed by atoms with Gasteiger partial charge in [-0.1, -0.05) is 0 Å². The summed E-state index contributed by atoms with van der Waals surface area (Å²) in [6.45, 7) is 0. The van der Waals surface area contributed by atoms with E-state index >= 15 is 0 Å². The molecule has 1 amide bonds. The molecule has 1 heterocycles. The van der Waals surface area contributed by atoms with Crippen molar-refractivity contribution in [3.8, 4) is 0 Å². The van der Waals surface area contributed by atoms with Gasteiger partial charge in [-0.3, -0.25) is 4.79 Å². The lowest BCUT2D eigenvalue weighted by atomic mass is 10.3. The standard InChI is InChI=1S/C7H7N3O3/c8-5(11)1-6-9-2-4(3-10-6)7(12)13/h2-3H,1H2,(H2,8,11)(H,12,13). The lowest BCUT2D eigenvalue weighted by Gasteiger charge is -1.96. The van der Waals surface area contributed by atoms with Crippen molar-refractivity contribution in [2.75, 3.05) is 0 Å². The van der Waals surface area contributed by atoms with Crippen LogP contribution in [0.2, 0.25) is 0 Å². The normalized spacial score (nSPS) is 9.54. The van der Waals surface area contributed by atoms with Crippen LogP contribution in [0, 0.1) is 0 Å². The Morgan fingerprint density at radius 2 is 1.92 bits per heavy atom. The Bertz CT molecular complexity index is 333. The van der Waals surface area contributed by atoms with Gasteiger partial charge in [0.25, 0.3) is 0 Å². The topological polar surface area (TPSA) is 106 Å². The van der Waals surface area contributed by atoms with E-state index in [0.717, 1.165) is 12.4 Å². The first kappa shape index (κ1) is 9.11. The zero-order valence-electron chi connectivity index (χ0n) is 6.60. The zero-order chi connectivity index (χ0) is 9.84. The van der Waals surface area contributed by atoms with Crippen molar-refractivity contribution < 1.29 is 14.7 Å². The van der Waals surface area contributed by atoms with E-state index in [4.69, 9.17) is 10.8 Å². The van der Waals surface area contributed by atoms with Crippen LogP contribution in [0.1, 0.15) is 16.2 Å². The van der Waals surface area contributed by atoms with Crippen LogP contribution in [0.4, 0.5) is 0 Å². The van der Waals surface area contributed by atoms with Crippen molar-refractivity contribution in [1.82, 2.24) is 9.97 Å². The molecule has 1 aromatic rings. The molecule has 1 aromatic heterocycles. The van der Waals surface area contributed by atoms with Crippen molar-refractivity contribution >= 4 is 11.9 Å². The molecule has 68 valence electrons. The number of amides is 1. The Labute approximate surface area is 73.4 Å². The third-order valence-electron chi connectivity index (χ3n) is 1.28. The summed E-state index contributed by atoms with van der Waals surface area (Å²) < 4.78 is 0. The smallest absolute Gasteiger partial charge is 0.338 e. The summed E-state index contributed by atoms with van der Waals surface area (Å²) in [5.74, 6) is -1.44. The summed E-state index contributed by atoms with van der Waals surface area (Å²) in [5, 5.41) is 8.49. The number of nitrogens with zero attached hydrogens (tertiary/aromatic N) is 2. The number of aromatic carboxylic acids is 1. The molecule has 1 rings (SSSR count). The van der Waals surface area contributed by atoms with Crippen molar-refractivity contribution in [2.45, 2.75) is 6.42 Å². The van der Waals surface area contributed by atoms with Gasteiger partial charge in [-0.2, -0.15) is 0 Å². The molecule has 6 nitrogen and oxygen atoms in total. The van der Waals surface area contributed by atoms with Crippen LogP contribution in [-0.4, -0.2) is 27.0 Å². The molecule has 13 heavy (non-hydrogen) atoms. The number of carboxylic acids is 1. The van der Waals surface area contributed by atoms with Gasteiger partial charge >= 0.3 is 5.97 Å². The van der Waals surface area contributed by atoms with Gasteiger partial charge in [-0.25, -0.2) is 14.8 Å². The second kappa shape index (κ2) is 3.61. The van der Waals surface area contributed by atoms with Gasteiger partial charge in [0.05, 0.1) is 12.0 Å². The number of hydrogen-bond donors (Lipinski definition) is 2. The first-order valence-corrected chi connectivity index (χ1v) is 3.42. The molecule has 0 spiro atoms. The monoisotopic (exact) mass is 181 g/mol. The summed E-state index contributed by atoms with van der Waals surface area (Å²) in [6, 6.07) is 0. The summed E-state index contributed by atoms with van der Waals surface area (Å²) in [5.41, 5.74) is 4.87. The molecule has 6 heteroatoms. The first-order chi connectivity index (χ1) is 6.09. The molecule has 0 aliphatic carbocycles. The Kier molecular flexibility index (Phi) is 2.53. The molecule has 0 fully saturated rings.